The number of alkyl carbamates (subject to hydrolysis) is 1. The van der Waals surface area contributed by atoms with Gasteiger partial charge in [-0.1, -0.05) is 0 Å². The molecule has 0 saturated heterocycles. The van der Waals surface area contributed by atoms with Gasteiger partial charge in [0.25, 0.3) is 0 Å². The first-order valence-corrected chi connectivity index (χ1v) is 7.16. The minimum absolute atomic E-state index is 0.403. The highest BCUT2D eigenvalue weighted by molar-refractivity contribution is 5.67. The van der Waals surface area contributed by atoms with Gasteiger partial charge in [0.1, 0.15) is 11.2 Å². The Morgan fingerprint density at radius 2 is 1.60 bits per heavy atom. The standard InChI is InChI=1S/C14H21NO5/c1-15-11(16)19-13-4-9-3-10(5-13)7-14(6-9,8-13)20-12(17)18-2/h9-10H,3-8H2,1-2H3,(H,15,16). The van der Waals surface area contributed by atoms with Gasteiger partial charge in [0.05, 0.1) is 7.11 Å². The van der Waals surface area contributed by atoms with Gasteiger partial charge in [-0.05, 0) is 43.9 Å². The average Bonchev–Trinajstić information content (AvgIpc) is 2.35. The Bertz CT molecular complexity index is 385. The molecule has 2 atom stereocenters. The summed E-state index contributed by atoms with van der Waals surface area (Å²) in [5.41, 5.74) is -0.983. The topological polar surface area (TPSA) is 73.9 Å². The van der Waals surface area contributed by atoms with Crippen LogP contribution in [-0.2, 0) is 14.2 Å². The van der Waals surface area contributed by atoms with Gasteiger partial charge < -0.3 is 19.5 Å². The van der Waals surface area contributed by atoms with Crippen molar-refractivity contribution in [3.05, 3.63) is 0 Å². The molecule has 0 aromatic carbocycles. The molecule has 0 aromatic heterocycles. The van der Waals surface area contributed by atoms with E-state index >= 15 is 0 Å². The van der Waals surface area contributed by atoms with E-state index in [1.165, 1.54) is 7.11 Å². The van der Waals surface area contributed by atoms with Gasteiger partial charge in [0.2, 0.25) is 0 Å². The van der Waals surface area contributed by atoms with Crippen LogP contribution in [0.1, 0.15) is 38.5 Å². The van der Waals surface area contributed by atoms with Crippen LogP contribution in [-0.4, -0.2) is 37.6 Å². The summed E-state index contributed by atoms with van der Waals surface area (Å²) in [6.45, 7) is 0. The molecule has 0 radical (unpaired) electrons. The van der Waals surface area contributed by atoms with Crippen LogP contribution >= 0.6 is 0 Å². The molecule has 6 nitrogen and oxygen atoms in total. The summed E-state index contributed by atoms with van der Waals surface area (Å²) >= 11 is 0. The number of hydrogen-bond acceptors (Lipinski definition) is 5. The highest BCUT2D eigenvalue weighted by atomic mass is 16.7. The lowest BCUT2D eigenvalue weighted by Gasteiger charge is -2.59. The zero-order valence-electron chi connectivity index (χ0n) is 11.9. The molecule has 4 saturated carbocycles. The van der Waals surface area contributed by atoms with Gasteiger partial charge in [0.15, 0.2) is 0 Å². The number of carbonyl (C=O) groups excluding carboxylic acids is 2. The van der Waals surface area contributed by atoms with Crippen LogP contribution in [0, 0.1) is 11.8 Å². The van der Waals surface area contributed by atoms with Crippen LogP contribution in [0.4, 0.5) is 9.59 Å². The predicted octanol–water partition coefficient (Wildman–Crippen LogP) is 2.22. The van der Waals surface area contributed by atoms with Crippen LogP contribution in [0.5, 0.6) is 0 Å². The minimum Gasteiger partial charge on any atom is -0.443 e. The summed E-state index contributed by atoms with van der Waals surface area (Å²) < 4.78 is 15.9. The van der Waals surface area contributed by atoms with Gasteiger partial charge in [-0.25, -0.2) is 9.59 Å². The Balaban J connectivity index is 1.81. The zero-order chi connectivity index (χ0) is 14.4. The van der Waals surface area contributed by atoms with Crippen LogP contribution in [0.3, 0.4) is 0 Å². The van der Waals surface area contributed by atoms with Crippen LogP contribution in [0.25, 0.3) is 0 Å². The van der Waals surface area contributed by atoms with Crippen molar-refractivity contribution in [2.24, 2.45) is 11.8 Å². The van der Waals surface area contributed by atoms with Gasteiger partial charge in [-0.3, -0.25) is 0 Å². The molecule has 20 heavy (non-hydrogen) atoms. The largest absolute Gasteiger partial charge is 0.508 e. The summed E-state index contributed by atoms with van der Waals surface area (Å²) in [5.74, 6) is 0.927. The van der Waals surface area contributed by atoms with E-state index in [1.54, 1.807) is 7.05 Å². The summed E-state index contributed by atoms with van der Waals surface area (Å²) in [7, 11) is 2.88. The third-order valence-electron chi connectivity index (χ3n) is 4.93. The zero-order valence-corrected chi connectivity index (χ0v) is 11.9. The first kappa shape index (κ1) is 13.5. The van der Waals surface area contributed by atoms with Crippen molar-refractivity contribution in [2.75, 3.05) is 14.2 Å². The molecule has 6 heteroatoms. The van der Waals surface area contributed by atoms with Crippen molar-refractivity contribution >= 4 is 12.2 Å². The Kier molecular flexibility index (Phi) is 3.06. The van der Waals surface area contributed by atoms with Crippen LogP contribution in [0.15, 0.2) is 0 Å². The maximum absolute atomic E-state index is 11.6. The molecule has 4 bridgehead atoms. The van der Waals surface area contributed by atoms with Gasteiger partial charge >= 0.3 is 12.2 Å². The minimum atomic E-state index is -0.637. The molecule has 1 amide bonds. The molecule has 0 aliphatic heterocycles. The van der Waals surface area contributed by atoms with E-state index in [0.717, 1.165) is 32.1 Å². The van der Waals surface area contributed by atoms with Gasteiger partial charge in [-0.2, -0.15) is 0 Å². The van der Waals surface area contributed by atoms with Crippen LogP contribution in [0.2, 0.25) is 0 Å². The maximum Gasteiger partial charge on any atom is 0.508 e. The molecule has 0 aromatic rings. The molecule has 4 aliphatic rings. The molecule has 4 rings (SSSR count). The average molecular weight is 283 g/mol. The SMILES string of the molecule is CNC(=O)OC12CC3CC(C1)CC(OC(=O)OC)(C3)C2. The lowest BCUT2D eigenvalue weighted by molar-refractivity contribution is -0.203. The fourth-order valence-corrected chi connectivity index (χ4v) is 4.80. The van der Waals surface area contributed by atoms with Crippen molar-refractivity contribution in [2.45, 2.75) is 49.7 Å². The number of hydrogen-bond donors (Lipinski definition) is 1. The molecular formula is C14H21NO5. The monoisotopic (exact) mass is 283 g/mol. The van der Waals surface area contributed by atoms with Crippen molar-refractivity contribution in [3.8, 4) is 0 Å². The quantitative estimate of drug-likeness (QED) is 0.786. The van der Waals surface area contributed by atoms with Crippen molar-refractivity contribution in [3.63, 3.8) is 0 Å². The summed E-state index contributed by atoms with van der Waals surface area (Å²) in [4.78, 5) is 23.1. The first-order chi connectivity index (χ1) is 9.48. The third-order valence-corrected chi connectivity index (χ3v) is 4.93. The fourth-order valence-electron chi connectivity index (χ4n) is 4.80. The molecule has 112 valence electrons. The Hall–Kier alpha value is -1.46. The number of nitrogens with one attached hydrogen (secondary N) is 1. The van der Waals surface area contributed by atoms with Gasteiger partial charge in [0, 0.05) is 13.5 Å². The molecule has 4 aliphatic carbocycles. The second-order valence-electron chi connectivity index (χ2n) is 6.52. The second-order valence-corrected chi connectivity index (χ2v) is 6.52. The summed E-state index contributed by atoms with van der Waals surface area (Å²) in [5, 5.41) is 2.51. The Labute approximate surface area is 118 Å². The Morgan fingerprint density at radius 3 is 2.10 bits per heavy atom. The summed E-state index contributed by atoms with van der Waals surface area (Å²) in [6.07, 6.45) is 4.17. The number of ether oxygens (including phenoxy) is 3. The van der Waals surface area contributed by atoms with E-state index < -0.39 is 23.5 Å². The molecule has 2 unspecified atom stereocenters. The van der Waals surface area contributed by atoms with E-state index in [2.05, 4.69) is 10.1 Å². The lowest BCUT2D eigenvalue weighted by atomic mass is 9.52. The van der Waals surface area contributed by atoms with E-state index in [1.807, 2.05) is 0 Å². The fraction of sp³-hybridized carbons (Fsp3) is 0.857. The summed E-state index contributed by atoms with van der Waals surface area (Å²) in [6, 6.07) is 0. The molecular weight excluding hydrogens is 262 g/mol. The third kappa shape index (κ3) is 2.21. The van der Waals surface area contributed by atoms with E-state index in [0.29, 0.717) is 18.3 Å². The number of methoxy groups -OCH3 is 1. The first-order valence-electron chi connectivity index (χ1n) is 7.16. The smallest absolute Gasteiger partial charge is 0.443 e. The predicted molar refractivity (Wildman–Crippen MR) is 69.2 cm³/mol. The number of carbonyl (C=O) groups is 2. The lowest BCUT2D eigenvalue weighted by Crippen LogP contribution is -2.62. The number of amides is 1. The molecule has 4 fully saturated rings. The highest BCUT2D eigenvalue weighted by Gasteiger charge is 2.61. The molecule has 0 spiro atoms. The van der Waals surface area contributed by atoms with Crippen molar-refractivity contribution in [1.29, 1.82) is 0 Å². The van der Waals surface area contributed by atoms with Crippen LogP contribution < -0.4 is 5.32 Å². The Morgan fingerprint density at radius 1 is 1.05 bits per heavy atom. The highest BCUT2D eigenvalue weighted by Crippen LogP contribution is 2.60. The molecule has 1 N–H and O–H groups in total. The second kappa shape index (κ2) is 4.53. The normalized spacial score (nSPS) is 41.1. The van der Waals surface area contributed by atoms with Crippen molar-refractivity contribution < 1.29 is 23.8 Å². The van der Waals surface area contributed by atoms with Crippen molar-refractivity contribution in [1.82, 2.24) is 5.32 Å². The van der Waals surface area contributed by atoms with Gasteiger partial charge in [-0.15, -0.1) is 0 Å². The molecule has 0 heterocycles. The van der Waals surface area contributed by atoms with E-state index in [-0.39, 0.29) is 0 Å². The van der Waals surface area contributed by atoms with E-state index in [9.17, 15) is 9.59 Å². The number of rotatable bonds is 2. The van der Waals surface area contributed by atoms with E-state index in [4.69, 9.17) is 9.47 Å². The maximum atomic E-state index is 11.6.